The fourth-order valence-corrected chi connectivity index (χ4v) is 5.28. The summed E-state index contributed by atoms with van der Waals surface area (Å²) in [7, 11) is -2.02. The number of ether oxygens (including phenoxy) is 1. The number of hydrogen-bond acceptors (Lipinski definition) is 5. The van der Waals surface area contributed by atoms with Crippen molar-refractivity contribution in [3.05, 3.63) is 58.6 Å². The molecule has 0 radical (unpaired) electrons. The zero-order chi connectivity index (χ0) is 28.5. The molecule has 0 aromatic heterocycles. The lowest BCUT2D eigenvalue weighted by molar-refractivity contribution is -0.141. The number of anilines is 1. The van der Waals surface area contributed by atoms with E-state index in [1.165, 1.54) is 4.31 Å². The molecule has 38 heavy (non-hydrogen) atoms. The topological polar surface area (TPSA) is 96.0 Å². The van der Waals surface area contributed by atoms with Crippen molar-refractivity contribution in [2.75, 3.05) is 30.8 Å². The van der Waals surface area contributed by atoms with Gasteiger partial charge in [-0.3, -0.25) is 13.9 Å². The Hall–Kier alpha value is -2.78. The van der Waals surface area contributed by atoms with Crippen LogP contribution in [0.4, 0.5) is 5.69 Å². The summed E-state index contributed by atoms with van der Waals surface area (Å²) < 4.78 is 31.7. The fraction of sp³-hybridized carbons (Fsp3) is 0.500. The number of sulfonamides is 1. The molecule has 1 unspecified atom stereocenters. The third kappa shape index (κ3) is 9.20. The summed E-state index contributed by atoms with van der Waals surface area (Å²) in [6.45, 7) is 8.59. The van der Waals surface area contributed by atoms with E-state index in [1.807, 2.05) is 52.0 Å². The SMILES string of the molecule is CCC(C(=O)NCC(C)C)N(Cc1ccc(OC)cc1)C(=O)CCCN(c1cc(Cl)ccc1C)S(C)(=O)=O. The molecular formula is C28H40ClN3O5S. The molecule has 2 aromatic rings. The average Bonchev–Trinajstić information content (AvgIpc) is 2.86. The number of carbonyl (C=O) groups excluding carboxylic acids is 2. The number of rotatable bonds is 14. The van der Waals surface area contributed by atoms with Crippen LogP contribution in [0.25, 0.3) is 0 Å². The van der Waals surface area contributed by atoms with Gasteiger partial charge in [-0.15, -0.1) is 0 Å². The van der Waals surface area contributed by atoms with Gasteiger partial charge < -0.3 is 15.0 Å². The summed E-state index contributed by atoms with van der Waals surface area (Å²) in [5.41, 5.74) is 2.11. The second-order valence-corrected chi connectivity index (χ2v) is 12.1. The molecule has 2 aromatic carbocycles. The Morgan fingerprint density at radius 2 is 1.76 bits per heavy atom. The van der Waals surface area contributed by atoms with Crippen molar-refractivity contribution in [1.29, 1.82) is 0 Å². The van der Waals surface area contributed by atoms with E-state index in [4.69, 9.17) is 16.3 Å². The maximum Gasteiger partial charge on any atom is 0.242 e. The highest BCUT2D eigenvalue weighted by Gasteiger charge is 2.29. The molecule has 0 bridgehead atoms. The van der Waals surface area contributed by atoms with E-state index in [1.54, 1.807) is 30.2 Å². The first-order valence-electron chi connectivity index (χ1n) is 12.8. The molecule has 0 aliphatic heterocycles. The minimum atomic E-state index is -3.61. The van der Waals surface area contributed by atoms with Crippen molar-refractivity contribution in [3.63, 3.8) is 0 Å². The lowest BCUT2D eigenvalue weighted by Crippen LogP contribution is -2.49. The monoisotopic (exact) mass is 565 g/mol. The maximum atomic E-state index is 13.5. The van der Waals surface area contributed by atoms with Crippen molar-refractivity contribution in [3.8, 4) is 5.75 Å². The fourth-order valence-electron chi connectivity index (χ4n) is 4.10. The third-order valence-electron chi connectivity index (χ3n) is 6.17. The number of halogens is 1. The van der Waals surface area contributed by atoms with E-state index in [-0.39, 0.29) is 43.7 Å². The smallest absolute Gasteiger partial charge is 0.242 e. The van der Waals surface area contributed by atoms with Crippen molar-refractivity contribution < 1.29 is 22.7 Å². The van der Waals surface area contributed by atoms with Gasteiger partial charge in [0.15, 0.2) is 0 Å². The van der Waals surface area contributed by atoms with Gasteiger partial charge >= 0.3 is 0 Å². The highest BCUT2D eigenvalue weighted by Crippen LogP contribution is 2.27. The Balaban J connectivity index is 2.25. The first-order valence-corrected chi connectivity index (χ1v) is 15.0. The molecule has 0 aliphatic rings. The molecule has 1 atom stereocenters. The number of aryl methyl sites for hydroxylation is 1. The standard InChI is InChI=1S/C28H40ClN3O5S/c1-7-25(28(34)30-18-20(2)3)31(19-22-11-14-24(37-5)15-12-22)27(33)9-8-16-32(38(6,35)36)26-17-23(29)13-10-21(26)4/h10-15,17,20,25H,7-9,16,18-19H2,1-6H3,(H,30,34). The number of benzene rings is 2. The van der Waals surface area contributed by atoms with E-state index >= 15 is 0 Å². The Bertz CT molecular complexity index is 1190. The maximum absolute atomic E-state index is 13.5. The average molecular weight is 566 g/mol. The van der Waals surface area contributed by atoms with Crippen LogP contribution in [0.3, 0.4) is 0 Å². The summed E-state index contributed by atoms with van der Waals surface area (Å²) in [5, 5.41) is 3.38. The van der Waals surface area contributed by atoms with Crippen LogP contribution in [-0.2, 0) is 26.2 Å². The molecule has 0 heterocycles. The van der Waals surface area contributed by atoms with Crippen molar-refractivity contribution >= 4 is 39.1 Å². The first kappa shape index (κ1) is 31.4. The Morgan fingerprint density at radius 3 is 2.32 bits per heavy atom. The molecule has 0 fully saturated rings. The van der Waals surface area contributed by atoms with E-state index in [0.717, 1.165) is 17.4 Å². The molecule has 210 valence electrons. The molecule has 2 amide bonds. The van der Waals surface area contributed by atoms with E-state index in [9.17, 15) is 18.0 Å². The van der Waals surface area contributed by atoms with Crippen LogP contribution in [0.2, 0.25) is 5.02 Å². The van der Waals surface area contributed by atoms with E-state index < -0.39 is 16.1 Å². The molecule has 0 spiro atoms. The van der Waals surface area contributed by atoms with Crippen LogP contribution in [-0.4, -0.2) is 57.6 Å². The predicted molar refractivity (Wildman–Crippen MR) is 153 cm³/mol. The minimum Gasteiger partial charge on any atom is -0.497 e. The van der Waals surface area contributed by atoms with Crippen LogP contribution < -0.4 is 14.4 Å². The van der Waals surface area contributed by atoms with Crippen LogP contribution in [0.5, 0.6) is 5.75 Å². The van der Waals surface area contributed by atoms with Gasteiger partial charge in [0, 0.05) is 31.1 Å². The highest BCUT2D eigenvalue weighted by molar-refractivity contribution is 7.92. The van der Waals surface area contributed by atoms with E-state index in [2.05, 4.69) is 5.32 Å². The first-order chi connectivity index (χ1) is 17.9. The summed E-state index contributed by atoms with van der Waals surface area (Å²) in [6.07, 6.45) is 1.94. The van der Waals surface area contributed by atoms with Gasteiger partial charge in [0.1, 0.15) is 11.8 Å². The van der Waals surface area contributed by atoms with Gasteiger partial charge in [0.2, 0.25) is 21.8 Å². The number of carbonyl (C=O) groups is 2. The second kappa shape index (κ2) is 14.4. The molecule has 8 nitrogen and oxygen atoms in total. The number of nitrogens with one attached hydrogen (secondary N) is 1. The highest BCUT2D eigenvalue weighted by atomic mass is 35.5. The normalized spacial score (nSPS) is 12.2. The Kier molecular flexibility index (Phi) is 11.9. The molecule has 0 saturated carbocycles. The summed E-state index contributed by atoms with van der Waals surface area (Å²) >= 11 is 6.13. The van der Waals surface area contributed by atoms with Crippen molar-refractivity contribution in [1.82, 2.24) is 10.2 Å². The Labute approximate surface area is 232 Å². The van der Waals surface area contributed by atoms with Gasteiger partial charge in [-0.1, -0.05) is 50.6 Å². The van der Waals surface area contributed by atoms with Crippen molar-refractivity contribution in [2.45, 2.75) is 59.5 Å². The van der Waals surface area contributed by atoms with Crippen LogP contribution >= 0.6 is 11.6 Å². The van der Waals surface area contributed by atoms with Gasteiger partial charge in [-0.2, -0.15) is 0 Å². The Morgan fingerprint density at radius 1 is 1.11 bits per heavy atom. The van der Waals surface area contributed by atoms with Crippen molar-refractivity contribution in [2.24, 2.45) is 5.92 Å². The largest absolute Gasteiger partial charge is 0.497 e. The van der Waals surface area contributed by atoms with Gasteiger partial charge in [-0.25, -0.2) is 8.42 Å². The number of methoxy groups -OCH3 is 1. The number of hydrogen-bond donors (Lipinski definition) is 1. The summed E-state index contributed by atoms with van der Waals surface area (Å²) in [5.74, 6) is 0.559. The minimum absolute atomic E-state index is 0.0791. The molecule has 0 aliphatic carbocycles. The number of amides is 2. The van der Waals surface area contributed by atoms with Crippen LogP contribution in [0, 0.1) is 12.8 Å². The quantitative estimate of drug-likeness (QED) is 0.355. The molecule has 2 rings (SSSR count). The molecule has 0 saturated heterocycles. The van der Waals surface area contributed by atoms with Crippen LogP contribution in [0.1, 0.15) is 51.2 Å². The second-order valence-electron chi connectivity index (χ2n) is 9.80. The molecule has 10 heteroatoms. The third-order valence-corrected chi connectivity index (χ3v) is 7.59. The lowest BCUT2D eigenvalue weighted by Gasteiger charge is -2.31. The van der Waals surface area contributed by atoms with E-state index in [0.29, 0.717) is 29.4 Å². The van der Waals surface area contributed by atoms with Gasteiger partial charge in [0.05, 0.1) is 19.1 Å². The summed E-state index contributed by atoms with van der Waals surface area (Å²) in [6, 6.07) is 11.8. The van der Waals surface area contributed by atoms with Crippen LogP contribution in [0.15, 0.2) is 42.5 Å². The molecular weight excluding hydrogens is 526 g/mol. The number of nitrogens with zero attached hydrogens (tertiary/aromatic N) is 2. The van der Waals surface area contributed by atoms with Gasteiger partial charge in [0.25, 0.3) is 0 Å². The zero-order valence-electron chi connectivity index (χ0n) is 23.2. The van der Waals surface area contributed by atoms with Gasteiger partial charge in [-0.05, 0) is 61.1 Å². The zero-order valence-corrected chi connectivity index (χ0v) is 24.7. The lowest BCUT2D eigenvalue weighted by atomic mass is 10.1. The summed E-state index contributed by atoms with van der Waals surface area (Å²) in [4.78, 5) is 28.2. The predicted octanol–water partition coefficient (Wildman–Crippen LogP) is 4.78. The molecule has 1 N–H and O–H groups in total.